The van der Waals surface area contributed by atoms with Crippen LogP contribution in [0, 0.1) is 0 Å². The van der Waals surface area contributed by atoms with Crippen LogP contribution in [0.3, 0.4) is 0 Å². The van der Waals surface area contributed by atoms with Gasteiger partial charge in [-0.2, -0.15) is 0 Å². The number of aromatic nitrogens is 2. The van der Waals surface area contributed by atoms with Crippen LogP contribution in [0.4, 0.5) is 5.69 Å². The monoisotopic (exact) mass is 415 g/mol. The minimum absolute atomic E-state index is 0.218. The number of methoxy groups -OCH3 is 1. The van der Waals surface area contributed by atoms with Crippen LogP contribution < -0.4 is 5.32 Å². The highest BCUT2D eigenvalue weighted by molar-refractivity contribution is 7.13. The first kappa shape index (κ1) is 19.5. The van der Waals surface area contributed by atoms with E-state index in [0.717, 1.165) is 21.8 Å². The molecule has 0 aliphatic carbocycles. The second kappa shape index (κ2) is 8.67. The molecule has 2 heterocycles. The Kier molecular flexibility index (Phi) is 5.63. The SMILES string of the molecule is COC(=O)c1ccccc1C(=O)Nc1cccc(-c2csc(-c3ccncc3)n2)c1. The number of nitrogens with zero attached hydrogens (tertiary/aromatic N) is 2. The molecule has 30 heavy (non-hydrogen) atoms. The van der Waals surface area contributed by atoms with Gasteiger partial charge in [0, 0.05) is 34.6 Å². The molecule has 0 radical (unpaired) electrons. The molecule has 4 aromatic rings. The molecule has 0 atom stereocenters. The molecule has 0 bridgehead atoms. The van der Waals surface area contributed by atoms with Gasteiger partial charge in [-0.15, -0.1) is 11.3 Å². The Labute approximate surface area is 177 Å². The van der Waals surface area contributed by atoms with Crippen molar-refractivity contribution in [1.29, 1.82) is 0 Å². The van der Waals surface area contributed by atoms with Crippen molar-refractivity contribution in [3.8, 4) is 21.8 Å². The van der Waals surface area contributed by atoms with Crippen molar-refractivity contribution in [2.45, 2.75) is 0 Å². The summed E-state index contributed by atoms with van der Waals surface area (Å²) in [6.07, 6.45) is 3.47. The Morgan fingerprint density at radius 2 is 1.70 bits per heavy atom. The van der Waals surface area contributed by atoms with E-state index in [2.05, 4.69) is 10.3 Å². The Morgan fingerprint density at radius 1 is 0.933 bits per heavy atom. The number of nitrogens with one attached hydrogen (secondary N) is 1. The number of amides is 1. The first-order valence-corrected chi connectivity index (χ1v) is 9.99. The Hall–Kier alpha value is -3.84. The van der Waals surface area contributed by atoms with Crippen molar-refractivity contribution in [3.63, 3.8) is 0 Å². The molecule has 1 N–H and O–H groups in total. The third-order valence-electron chi connectivity index (χ3n) is 4.42. The van der Waals surface area contributed by atoms with Crippen LogP contribution in [0.2, 0.25) is 0 Å². The van der Waals surface area contributed by atoms with Gasteiger partial charge in [0.25, 0.3) is 5.91 Å². The van der Waals surface area contributed by atoms with Gasteiger partial charge in [0.2, 0.25) is 0 Å². The van der Waals surface area contributed by atoms with Crippen LogP contribution in [0.1, 0.15) is 20.7 Å². The molecule has 7 heteroatoms. The van der Waals surface area contributed by atoms with Crippen molar-refractivity contribution < 1.29 is 14.3 Å². The molecule has 0 spiro atoms. The number of ether oxygens (including phenoxy) is 1. The first-order chi connectivity index (χ1) is 14.7. The average molecular weight is 415 g/mol. The maximum Gasteiger partial charge on any atom is 0.338 e. The molecule has 2 aromatic heterocycles. The molecule has 1 amide bonds. The van der Waals surface area contributed by atoms with Gasteiger partial charge in [-0.05, 0) is 36.4 Å². The van der Waals surface area contributed by atoms with E-state index in [0.29, 0.717) is 5.69 Å². The minimum Gasteiger partial charge on any atom is -0.465 e. The summed E-state index contributed by atoms with van der Waals surface area (Å²) in [5, 5.41) is 5.72. The second-order valence-electron chi connectivity index (χ2n) is 6.35. The smallest absolute Gasteiger partial charge is 0.338 e. The third-order valence-corrected chi connectivity index (χ3v) is 5.32. The van der Waals surface area contributed by atoms with E-state index < -0.39 is 5.97 Å². The van der Waals surface area contributed by atoms with Crippen LogP contribution in [0.15, 0.2) is 78.4 Å². The lowest BCUT2D eigenvalue weighted by Gasteiger charge is -2.09. The number of rotatable bonds is 5. The number of anilines is 1. The minimum atomic E-state index is -0.555. The maximum atomic E-state index is 12.8. The van der Waals surface area contributed by atoms with Crippen molar-refractivity contribution >= 4 is 28.9 Å². The number of carbonyl (C=O) groups excluding carboxylic acids is 2. The fourth-order valence-electron chi connectivity index (χ4n) is 2.96. The van der Waals surface area contributed by atoms with Gasteiger partial charge in [0.1, 0.15) is 5.01 Å². The van der Waals surface area contributed by atoms with Crippen molar-refractivity contribution in [2.24, 2.45) is 0 Å². The molecular formula is C23H17N3O3S. The lowest BCUT2D eigenvalue weighted by atomic mass is 10.1. The Bertz CT molecular complexity index is 1210. The van der Waals surface area contributed by atoms with Gasteiger partial charge in [-0.25, -0.2) is 9.78 Å². The number of hydrogen-bond donors (Lipinski definition) is 1. The van der Waals surface area contributed by atoms with E-state index in [9.17, 15) is 9.59 Å². The topological polar surface area (TPSA) is 81.2 Å². The lowest BCUT2D eigenvalue weighted by Crippen LogP contribution is -2.17. The van der Waals surface area contributed by atoms with Gasteiger partial charge >= 0.3 is 5.97 Å². The summed E-state index contributed by atoms with van der Waals surface area (Å²) in [6, 6.07) is 17.8. The van der Waals surface area contributed by atoms with E-state index >= 15 is 0 Å². The summed E-state index contributed by atoms with van der Waals surface area (Å²) < 4.78 is 4.76. The third kappa shape index (κ3) is 4.11. The Balaban J connectivity index is 1.57. The van der Waals surface area contributed by atoms with Crippen molar-refractivity contribution in [2.75, 3.05) is 12.4 Å². The normalized spacial score (nSPS) is 10.4. The molecule has 148 valence electrons. The number of pyridine rings is 1. The molecule has 0 saturated carbocycles. The highest BCUT2D eigenvalue weighted by Crippen LogP contribution is 2.29. The molecule has 0 aliphatic heterocycles. The summed E-state index contributed by atoms with van der Waals surface area (Å²) in [5.41, 5.74) is 3.78. The number of carbonyl (C=O) groups is 2. The van der Waals surface area contributed by atoms with Crippen LogP contribution in [0.5, 0.6) is 0 Å². The van der Waals surface area contributed by atoms with Crippen LogP contribution >= 0.6 is 11.3 Å². The molecule has 4 rings (SSSR count). The molecule has 0 unspecified atom stereocenters. The number of esters is 1. The molecule has 0 aliphatic rings. The van der Waals surface area contributed by atoms with Crippen LogP contribution in [0.25, 0.3) is 21.8 Å². The van der Waals surface area contributed by atoms with E-state index in [1.165, 1.54) is 7.11 Å². The van der Waals surface area contributed by atoms with E-state index in [4.69, 9.17) is 9.72 Å². The standard InChI is InChI=1S/C23H17N3O3S/c1-29-23(28)19-8-3-2-7-18(19)21(27)25-17-6-4-5-16(13-17)20-14-30-22(26-20)15-9-11-24-12-10-15/h2-14H,1H3,(H,25,27). The van der Waals surface area contributed by atoms with Crippen LogP contribution in [-0.4, -0.2) is 29.0 Å². The molecule has 6 nitrogen and oxygen atoms in total. The zero-order chi connectivity index (χ0) is 20.9. The average Bonchev–Trinajstić information content (AvgIpc) is 3.30. The van der Waals surface area contributed by atoms with Gasteiger partial charge in [0.15, 0.2) is 0 Å². The Morgan fingerprint density at radius 3 is 2.47 bits per heavy atom. The predicted molar refractivity (Wildman–Crippen MR) is 117 cm³/mol. The summed E-state index contributed by atoms with van der Waals surface area (Å²) in [7, 11) is 1.29. The quantitative estimate of drug-likeness (QED) is 0.468. The van der Waals surface area contributed by atoms with E-state index in [1.54, 1.807) is 54.1 Å². The molecule has 0 saturated heterocycles. The zero-order valence-electron chi connectivity index (χ0n) is 16.0. The number of hydrogen-bond acceptors (Lipinski definition) is 6. The summed E-state index contributed by atoms with van der Waals surface area (Å²) in [5.74, 6) is -0.940. The molecule has 2 aromatic carbocycles. The summed E-state index contributed by atoms with van der Waals surface area (Å²) in [6.45, 7) is 0. The highest BCUT2D eigenvalue weighted by atomic mass is 32.1. The molecule has 0 fully saturated rings. The molecular weight excluding hydrogens is 398 g/mol. The summed E-state index contributed by atoms with van der Waals surface area (Å²) >= 11 is 1.54. The maximum absolute atomic E-state index is 12.8. The van der Waals surface area contributed by atoms with Gasteiger partial charge < -0.3 is 10.1 Å². The zero-order valence-corrected chi connectivity index (χ0v) is 16.8. The van der Waals surface area contributed by atoms with Gasteiger partial charge in [0.05, 0.1) is 23.9 Å². The van der Waals surface area contributed by atoms with Gasteiger partial charge in [-0.3, -0.25) is 9.78 Å². The number of thiazole rings is 1. The van der Waals surface area contributed by atoms with Crippen LogP contribution in [-0.2, 0) is 4.74 Å². The van der Waals surface area contributed by atoms with Crippen molar-refractivity contribution in [3.05, 3.63) is 89.6 Å². The first-order valence-electron chi connectivity index (χ1n) is 9.11. The lowest BCUT2D eigenvalue weighted by molar-refractivity contribution is 0.0597. The highest BCUT2D eigenvalue weighted by Gasteiger charge is 2.17. The largest absolute Gasteiger partial charge is 0.465 e. The fraction of sp³-hybridized carbons (Fsp3) is 0.0435. The van der Waals surface area contributed by atoms with E-state index in [-0.39, 0.29) is 17.0 Å². The van der Waals surface area contributed by atoms with Gasteiger partial charge in [-0.1, -0.05) is 24.3 Å². The van der Waals surface area contributed by atoms with Crippen molar-refractivity contribution in [1.82, 2.24) is 9.97 Å². The second-order valence-corrected chi connectivity index (χ2v) is 7.20. The van der Waals surface area contributed by atoms with E-state index in [1.807, 2.05) is 35.7 Å². The number of benzene rings is 2. The predicted octanol–water partition coefficient (Wildman–Crippen LogP) is 4.91. The summed E-state index contributed by atoms with van der Waals surface area (Å²) in [4.78, 5) is 33.4. The fourth-order valence-corrected chi connectivity index (χ4v) is 3.79.